The predicted octanol–water partition coefficient (Wildman–Crippen LogP) is 0.459. The topological polar surface area (TPSA) is 327 Å². The van der Waals surface area contributed by atoms with E-state index in [9.17, 15) is 19.2 Å². The summed E-state index contributed by atoms with van der Waals surface area (Å²) < 4.78 is 0. The summed E-state index contributed by atoms with van der Waals surface area (Å²) in [7, 11) is 0. The van der Waals surface area contributed by atoms with E-state index in [-0.39, 0.29) is 78.1 Å². The van der Waals surface area contributed by atoms with Crippen molar-refractivity contribution >= 4 is 23.9 Å². The van der Waals surface area contributed by atoms with E-state index in [0.29, 0.717) is 12.1 Å². The number of rotatable bonds is 4. The van der Waals surface area contributed by atoms with E-state index in [1.165, 1.54) is 0 Å². The Kier molecular flexibility index (Phi) is 38.0. The van der Waals surface area contributed by atoms with Gasteiger partial charge in [0.2, 0.25) is 0 Å². The van der Waals surface area contributed by atoms with Crippen LogP contribution in [-0.2, 0) is 67.1 Å². The molecule has 22 heteroatoms. The van der Waals surface area contributed by atoms with E-state index >= 15 is 0 Å². The Labute approximate surface area is 289 Å². The van der Waals surface area contributed by atoms with Gasteiger partial charge in [0.15, 0.2) is 0 Å². The van der Waals surface area contributed by atoms with Gasteiger partial charge in [-0.25, -0.2) is 39.1 Å². The van der Waals surface area contributed by atoms with E-state index in [2.05, 4.69) is 39.9 Å². The summed E-state index contributed by atoms with van der Waals surface area (Å²) in [6.07, 6.45) is 20.3. The van der Waals surface area contributed by atoms with Crippen molar-refractivity contribution in [2.75, 3.05) is 0 Å². The molecule has 1 aromatic carbocycles. The molecule has 0 amide bonds. The van der Waals surface area contributed by atoms with Crippen LogP contribution < -0.4 is 0 Å². The first-order valence-electron chi connectivity index (χ1n) is 10.1. The maximum absolute atomic E-state index is 10.8. The Morgan fingerprint density at radius 1 is 0.432 bits per heavy atom. The summed E-state index contributed by atoms with van der Waals surface area (Å²) in [4.78, 5) is 68.8. The second-order valence-electron chi connectivity index (χ2n) is 6.21. The number of nitrogens with one attached hydrogen (secondary N) is 4. The van der Waals surface area contributed by atoms with Crippen molar-refractivity contribution in [1.29, 1.82) is 0 Å². The third-order valence-corrected chi connectivity index (χ3v) is 3.70. The van der Waals surface area contributed by atoms with Gasteiger partial charge in [0.25, 0.3) is 0 Å². The maximum Gasteiger partial charge on any atom is 0.336 e. The number of benzene rings is 1. The van der Waals surface area contributed by atoms with Crippen LogP contribution in [0.2, 0.25) is 0 Å². The average molecular weight is 798 g/mol. The van der Waals surface area contributed by atoms with E-state index in [1.54, 1.807) is 74.9 Å². The number of carbonyl (C=O) groups is 4. The zero-order valence-electron chi connectivity index (χ0n) is 21.6. The first-order valence-corrected chi connectivity index (χ1v) is 10.1. The Hall–Kier alpha value is -4.11. The van der Waals surface area contributed by atoms with Crippen molar-refractivity contribution in [2.24, 2.45) is 0 Å². The first kappa shape index (κ1) is 52.5. The number of aromatic nitrogens is 8. The number of carboxylic acids is 4. The second-order valence-corrected chi connectivity index (χ2v) is 6.21. The molecule has 0 aliphatic rings. The van der Waals surface area contributed by atoms with Gasteiger partial charge >= 0.3 is 23.9 Å². The fraction of sp³-hybridized carbons (Fsp3) is 0. The fourth-order valence-electron chi connectivity index (χ4n) is 2.17. The molecule has 0 spiro atoms. The Balaban J connectivity index is -0.000000114. The largest absolute Gasteiger partial charge is 0.478 e. The fourth-order valence-corrected chi connectivity index (χ4v) is 2.17. The number of carboxylic acid groups (broad SMARTS) is 4. The monoisotopic (exact) mass is 798 g/mol. The van der Waals surface area contributed by atoms with Crippen molar-refractivity contribution in [3.8, 4) is 0 Å². The molecule has 0 atom stereocenters. The van der Waals surface area contributed by atoms with Gasteiger partial charge in [0.05, 0.1) is 47.6 Å². The van der Waals surface area contributed by atoms with Gasteiger partial charge in [-0.15, -0.1) is 0 Å². The molecular weight excluding hydrogens is 772 g/mol. The van der Waals surface area contributed by atoms with E-state index in [4.69, 9.17) is 20.4 Å². The van der Waals surface area contributed by atoms with Crippen LogP contribution in [0.1, 0.15) is 41.4 Å². The molecule has 0 fully saturated rings. The van der Waals surface area contributed by atoms with E-state index in [1.807, 2.05) is 0 Å². The summed E-state index contributed by atoms with van der Waals surface area (Å²) in [6.45, 7) is 0. The van der Waals surface area contributed by atoms with Crippen LogP contribution in [-0.4, -0.2) is 95.1 Å². The van der Waals surface area contributed by atoms with Crippen molar-refractivity contribution in [3.05, 3.63) is 109 Å². The van der Waals surface area contributed by atoms with E-state index < -0.39 is 46.1 Å². The summed E-state index contributed by atoms with van der Waals surface area (Å²) in [5.74, 6) is -6.64. The molecule has 250 valence electrons. The Morgan fingerprint density at radius 3 is 0.682 bits per heavy atom. The minimum atomic E-state index is -1.66. The van der Waals surface area contributed by atoms with Gasteiger partial charge in [-0.1, -0.05) is 0 Å². The SMILES string of the molecule is O.O.O=C(O)c1cc(C(=O)O)c(C(=O)O)cc1C(=O)O.[Co].[Co].[Co].[Co].c1c[nH]cn1.c1c[nH]cn1.c1c[nH]cn1.c1c[nH]cn1. The molecule has 12 N–H and O–H groups in total. The maximum atomic E-state index is 10.8. The van der Waals surface area contributed by atoms with Gasteiger partial charge in [-0.05, 0) is 12.1 Å². The number of hydrogen-bond acceptors (Lipinski definition) is 8. The molecule has 5 rings (SSSR count). The summed E-state index contributed by atoms with van der Waals surface area (Å²) in [5.41, 5.74) is -3.15. The van der Waals surface area contributed by atoms with Gasteiger partial charge < -0.3 is 51.3 Å². The number of hydrogen-bond donors (Lipinski definition) is 8. The summed E-state index contributed by atoms with van der Waals surface area (Å²) in [5, 5.41) is 35.0. The van der Waals surface area contributed by atoms with Crippen LogP contribution in [0.25, 0.3) is 0 Å². The summed E-state index contributed by atoms with van der Waals surface area (Å²) in [6, 6.07) is 1.02. The molecule has 5 aromatic rings. The molecule has 4 heterocycles. The number of nitrogens with zero attached hydrogens (tertiary/aromatic N) is 4. The molecule has 44 heavy (non-hydrogen) atoms. The average Bonchev–Trinajstić information content (AvgIpc) is 3.73. The zero-order valence-corrected chi connectivity index (χ0v) is 25.8. The normalized spacial score (nSPS) is 7.64. The first-order chi connectivity index (χ1) is 18.3. The van der Waals surface area contributed by atoms with Crippen LogP contribution in [0.3, 0.4) is 0 Å². The minimum Gasteiger partial charge on any atom is -0.478 e. The molecule has 18 nitrogen and oxygen atoms in total. The van der Waals surface area contributed by atoms with Crippen LogP contribution >= 0.6 is 0 Å². The third kappa shape index (κ3) is 22.5. The molecule has 4 aromatic heterocycles. The number of imidazole rings is 4. The van der Waals surface area contributed by atoms with Crippen molar-refractivity contribution < 1.29 is 118 Å². The van der Waals surface area contributed by atoms with Crippen LogP contribution in [0, 0.1) is 0 Å². The Morgan fingerprint density at radius 2 is 0.614 bits per heavy atom. The molecule has 4 radical (unpaired) electrons. The van der Waals surface area contributed by atoms with Crippen molar-refractivity contribution in [2.45, 2.75) is 0 Å². The van der Waals surface area contributed by atoms with Crippen molar-refractivity contribution in [3.63, 3.8) is 0 Å². The quantitative estimate of drug-likeness (QED) is 0.123. The van der Waals surface area contributed by atoms with E-state index in [0.717, 1.165) is 0 Å². The summed E-state index contributed by atoms with van der Waals surface area (Å²) >= 11 is 0. The van der Waals surface area contributed by atoms with Crippen LogP contribution in [0.15, 0.2) is 87.0 Å². The molecule has 0 bridgehead atoms. The molecule has 0 aliphatic carbocycles. The molecule has 0 saturated carbocycles. The predicted molar refractivity (Wildman–Crippen MR) is 136 cm³/mol. The van der Waals surface area contributed by atoms with Gasteiger partial charge in [0.1, 0.15) is 0 Å². The number of H-pyrrole nitrogens is 4. The second kappa shape index (κ2) is 31.8. The minimum absolute atomic E-state index is 0. The van der Waals surface area contributed by atoms with Gasteiger partial charge in [-0.3, -0.25) is 0 Å². The third-order valence-electron chi connectivity index (χ3n) is 3.70. The standard InChI is InChI=1S/C10H6O8.4C3H4N2.4Co.2H2O/c11-7(12)3-1-4(8(13)14)6(10(17)18)2-5(3)9(15)16;4*1-2-5-3-4-1;;;;;;/h1-2H,(H,11,12)(H,13,14)(H,15,16)(H,17,18);4*1-3H,(H,4,5);;;;;2*1H2. The molecule has 0 saturated heterocycles. The zero-order chi connectivity index (χ0) is 28.2. The molecule has 0 unspecified atom stereocenters. The number of aromatic amines is 4. The molecule has 0 aliphatic heterocycles. The smallest absolute Gasteiger partial charge is 0.336 e. The number of aromatic carboxylic acids is 4. The van der Waals surface area contributed by atoms with Gasteiger partial charge in [-0.2, -0.15) is 0 Å². The molecular formula is C22H26Co4N8O10. The van der Waals surface area contributed by atoms with Gasteiger partial charge in [0, 0.05) is 117 Å². The van der Waals surface area contributed by atoms with Crippen LogP contribution in [0.4, 0.5) is 0 Å². The van der Waals surface area contributed by atoms with Crippen molar-refractivity contribution in [1.82, 2.24) is 39.9 Å². The van der Waals surface area contributed by atoms with Crippen LogP contribution in [0.5, 0.6) is 0 Å². The Bertz CT molecular complexity index is 1070.